The monoisotopic (exact) mass is 403 g/mol. The van der Waals surface area contributed by atoms with Crippen molar-refractivity contribution >= 4 is 0 Å². The molecule has 0 unspecified atom stereocenters. The van der Waals surface area contributed by atoms with Gasteiger partial charge in [0.05, 0.1) is 31.0 Å². The molecule has 11 heteroatoms. The molecular formula is C18H18FN5O5. The molecule has 29 heavy (non-hydrogen) atoms. The lowest BCUT2D eigenvalue weighted by Crippen LogP contribution is -2.34. The Bertz CT molecular complexity index is 1120. The van der Waals surface area contributed by atoms with Gasteiger partial charge < -0.3 is 14.9 Å². The van der Waals surface area contributed by atoms with Crippen molar-refractivity contribution in [2.45, 2.75) is 31.4 Å². The Morgan fingerprint density at radius 1 is 1.24 bits per heavy atom. The molecule has 0 aliphatic carbocycles. The lowest BCUT2D eigenvalue weighted by molar-refractivity contribution is -0.0460. The summed E-state index contributed by atoms with van der Waals surface area (Å²) in [6.45, 7) is -0.351. The zero-order valence-electron chi connectivity index (χ0n) is 15.1. The molecular weight excluding hydrogens is 385 g/mol. The molecule has 1 saturated heterocycles. The number of ether oxygens (including phenoxy) is 1. The maximum absolute atomic E-state index is 13.1. The van der Waals surface area contributed by atoms with Crippen LogP contribution in [-0.2, 0) is 11.3 Å². The van der Waals surface area contributed by atoms with Crippen molar-refractivity contribution in [2.75, 3.05) is 6.61 Å². The van der Waals surface area contributed by atoms with Gasteiger partial charge in [0.2, 0.25) is 0 Å². The smallest absolute Gasteiger partial charge is 0.330 e. The summed E-state index contributed by atoms with van der Waals surface area (Å²) in [5.74, 6) is -0.363. The number of aromatic nitrogens is 5. The standard InChI is InChI=1S/C18H18FN5O5/c19-12-3-1-10(2-4-12)13-8-23(22-21-13)6-11-7-24(18(28)20-17(11)27)16-5-14(26)15(9-25)29-16/h1-4,7-8,14-16,25-26H,5-6,9H2,(H,20,27,28)/t14-,15+,16+/m0/s1. The van der Waals surface area contributed by atoms with Crippen LogP contribution in [0.2, 0.25) is 0 Å². The predicted molar refractivity (Wildman–Crippen MR) is 97.5 cm³/mol. The molecule has 3 aromatic rings. The Kier molecular flexibility index (Phi) is 5.09. The van der Waals surface area contributed by atoms with E-state index in [1.807, 2.05) is 0 Å². The number of rotatable bonds is 5. The Morgan fingerprint density at radius 2 is 2.00 bits per heavy atom. The van der Waals surface area contributed by atoms with Crippen molar-refractivity contribution in [3.63, 3.8) is 0 Å². The van der Waals surface area contributed by atoms with Gasteiger partial charge in [-0.25, -0.2) is 13.9 Å². The highest BCUT2D eigenvalue weighted by Crippen LogP contribution is 2.27. The first-order chi connectivity index (χ1) is 13.9. The zero-order chi connectivity index (χ0) is 20.5. The van der Waals surface area contributed by atoms with E-state index in [9.17, 15) is 24.2 Å². The second kappa shape index (κ2) is 7.70. The van der Waals surface area contributed by atoms with E-state index in [4.69, 9.17) is 4.74 Å². The molecule has 2 aromatic heterocycles. The van der Waals surface area contributed by atoms with Crippen LogP contribution in [0.3, 0.4) is 0 Å². The number of nitrogens with one attached hydrogen (secondary N) is 1. The number of nitrogens with zero attached hydrogens (tertiary/aromatic N) is 4. The summed E-state index contributed by atoms with van der Waals surface area (Å²) in [6.07, 6.45) is 0.527. The topological polar surface area (TPSA) is 135 Å². The van der Waals surface area contributed by atoms with E-state index in [-0.39, 0.29) is 31.0 Å². The lowest BCUT2D eigenvalue weighted by atomic mass is 10.2. The first kappa shape index (κ1) is 19.2. The summed E-state index contributed by atoms with van der Waals surface area (Å²) in [6, 6.07) is 5.75. The zero-order valence-corrected chi connectivity index (χ0v) is 15.1. The van der Waals surface area contributed by atoms with Gasteiger partial charge in [-0.2, -0.15) is 0 Å². The van der Waals surface area contributed by atoms with Gasteiger partial charge in [-0.1, -0.05) is 5.21 Å². The fourth-order valence-corrected chi connectivity index (χ4v) is 3.21. The normalized spacial score (nSPS) is 21.6. The fraction of sp³-hybridized carbons (Fsp3) is 0.333. The molecule has 3 heterocycles. The molecule has 4 rings (SSSR count). The second-order valence-corrected chi connectivity index (χ2v) is 6.74. The van der Waals surface area contributed by atoms with Gasteiger partial charge in [0, 0.05) is 18.2 Å². The number of hydrogen-bond acceptors (Lipinski definition) is 7. The van der Waals surface area contributed by atoms with Gasteiger partial charge in [-0.05, 0) is 24.3 Å². The number of aliphatic hydroxyl groups excluding tert-OH is 2. The van der Waals surface area contributed by atoms with Gasteiger partial charge >= 0.3 is 5.69 Å². The summed E-state index contributed by atoms with van der Waals surface area (Å²) in [7, 11) is 0. The lowest BCUT2D eigenvalue weighted by Gasteiger charge is -2.15. The highest BCUT2D eigenvalue weighted by molar-refractivity contribution is 5.57. The van der Waals surface area contributed by atoms with Crippen molar-refractivity contribution in [1.29, 1.82) is 0 Å². The Morgan fingerprint density at radius 3 is 2.69 bits per heavy atom. The number of aromatic amines is 1. The number of halogens is 1. The highest BCUT2D eigenvalue weighted by Gasteiger charge is 2.35. The van der Waals surface area contributed by atoms with Crippen molar-refractivity contribution < 1.29 is 19.3 Å². The third-order valence-electron chi connectivity index (χ3n) is 4.75. The molecule has 0 spiro atoms. The summed E-state index contributed by atoms with van der Waals surface area (Å²) in [5, 5.41) is 27.1. The maximum Gasteiger partial charge on any atom is 0.330 e. The molecule has 0 radical (unpaired) electrons. The summed E-state index contributed by atoms with van der Waals surface area (Å²) < 4.78 is 21.1. The van der Waals surface area contributed by atoms with Gasteiger partial charge in [0.15, 0.2) is 0 Å². The number of aliphatic hydroxyl groups is 2. The van der Waals surface area contributed by atoms with E-state index >= 15 is 0 Å². The average molecular weight is 403 g/mol. The molecule has 1 aliphatic rings. The minimum Gasteiger partial charge on any atom is -0.394 e. The minimum absolute atomic E-state index is 0.0303. The molecule has 1 fully saturated rings. The van der Waals surface area contributed by atoms with Gasteiger partial charge in [-0.3, -0.25) is 14.3 Å². The molecule has 0 amide bonds. The van der Waals surface area contributed by atoms with Crippen LogP contribution in [0.5, 0.6) is 0 Å². The third kappa shape index (κ3) is 3.88. The fourth-order valence-electron chi connectivity index (χ4n) is 3.21. The molecule has 10 nitrogen and oxygen atoms in total. The van der Waals surface area contributed by atoms with Crippen LogP contribution in [0, 0.1) is 5.82 Å². The first-order valence-electron chi connectivity index (χ1n) is 8.89. The summed E-state index contributed by atoms with van der Waals surface area (Å²) in [4.78, 5) is 26.6. The quantitative estimate of drug-likeness (QED) is 0.529. The van der Waals surface area contributed by atoms with Crippen molar-refractivity contribution in [1.82, 2.24) is 24.5 Å². The van der Waals surface area contributed by atoms with Crippen molar-refractivity contribution in [3.05, 3.63) is 68.9 Å². The van der Waals surface area contributed by atoms with Crippen molar-refractivity contribution in [3.8, 4) is 11.3 Å². The largest absolute Gasteiger partial charge is 0.394 e. The first-order valence-corrected chi connectivity index (χ1v) is 8.89. The Labute approximate surface area is 162 Å². The molecule has 1 aromatic carbocycles. The van der Waals surface area contributed by atoms with E-state index < -0.39 is 29.7 Å². The van der Waals surface area contributed by atoms with Crippen LogP contribution in [0.1, 0.15) is 18.2 Å². The number of hydrogen-bond donors (Lipinski definition) is 3. The maximum atomic E-state index is 13.1. The van der Waals surface area contributed by atoms with Gasteiger partial charge in [0.25, 0.3) is 5.56 Å². The molecule has 0 saturated carbocycles. The molecule has 152 valence electrons. The molecule has 0 bridgehead atoms. The van der Waals surface area contributed by atoms with Crippen LogP contribution in [0.25, 0.3) is 11.3 Å². The molecule has 3 N–H and O–H groups in total. The SMILES string of the molecule is O=c1[nH]c(=O)n([C@H]2C[C@H](O)[C@@H](CO)O2)cc1Cn1cc(-c2ccc(F)cc2)nn1. The summed E-state index contributed by atoms with van der Waals surface area (Å²) in [5.41, 5.74) is 0.135. The average Bonchev–Trinajstić information content (AvgIpc) is 3.31. The summed E-state index contributed by atoms with van der Waals surface area (Å²) >= 11 is 0. The van der Waals surface area contributed by atoms with Crippen LogP contribution in [0.15, 0.2) is 46.2 Å². The van der Waals surface area contributed by atoms with E-state index in [0.717, 1.165) is 0 Å². The predicted octanol–water partition coefficient (Wildman–Crippen LogP) is -0.377. The second-order valence-electron chi connectivity index (χ2n) is 6.74. The van der Waals surface area contributed by atoms with Gasteiger partial charge in [0.1, 0.15) is 23.8 Å². The minimum atomic E-state index is -0.916. The van der Waals surface area contributed by atoms with Crippen LogP contribution < -0.4 is 11.2 Å². The third-order valence-corrected chi connectivity index (χ3v) is 4.75. The highest BCUT2D eigenvalue weighted by atomic mass is 19.1. The Balaban J connectivity index is 1.59. The van der Waals surface area contributed by atoms with Crippen LogP contribution >= 0.6 is 0 Å². The van der Waals surface area contributed by atoms with E-state index in [1.165, 1.54) is 27.6 Å². The molecule has 3 atom stereocenters. The molecule has 1 aliphatic heterocycles. The number of benzene rings is 1. The van der Waals surface area contributed by atoms with Gasteiger partial charge in [-0.15, -0.1) is 5.10 Å². The number of H-pyrrole nitrogens is 1. The Hall–Kier alpha value is -3.15. The van der Waals surface area contributed by atoms with Crippen LogP contribution in [0.4, 0.5) is 4.39 Å². The van der Waals surface area contributed by atoms with Crippen LogP contribution in [-0.4, -0.2) is 53.6 Å². The van der Waals surface area contributed by atoms with E-state index in [0.29, 0.717) is 11.3 Å². The van der Waals surface area contributed by atoms with Crippen molar-refractivity contribution in [2.24, 2.45) is 0 Å². The van der Waals surface area contributed by atoms with E-state index in [2.05, 4.69) is 15.3 Å². The van der Waals surface area contributed by atoms with E-state index in [1.54, 1.807) is 18.3 Å².